The SMILES string of the molecule is CSS.NC(CS)C(=O)O. The third-order valence-corrected chi connectivity index (χ3v) is 0.907. The fourth-order valence-corrected chi connectivity index (χ4v) is 0.234. The lowest BCUT2D eigenvalue weighted by atomic mass is 10.4. The molecule has 6 heteroatoms. The number of rotatable bonds is 2. The first-order valence-electron chi connectivity index (χ1n) is 2.37. The van der Waals surface area contributed by atoms with Crippen molar-refractivity contribution in [3.63, 3.8) is 0 Å². The third-order valence-electron chi connectivity index (χ3n) is 0.514. The summed E-state index contributed by atoms with van der Waals surface area (Å²) < 4.78 is 0. The summed E-state index contributed by atoms with van der Waals surface area (Å²) >= 11 is 7.35. The average molecular weight is 201 g/mol. The molecule has 0 aliphatic carbocycles. The summed E-state index contributed by atoms with van der Waals surface area (Å²) in [5.41, 5.74) is 4.94. The van der Waals surface area contributed by atoms with Crippen molar-refractivity contribution in [2.45, 2.75) is 6.04 Å². The van der Waals surface area contributed by atoms with Crippen LogP contribution in [0.4, 0.5) is 0 Å². The lowest BCUT2D eigenvalue weighted by molar-refractivity contribution is -0.137. The molecule has 0 rings (SSSR count). The van der Waals surface area contributed by atoms with E-state index in [9.17, 15) is 4.79 Å². The van der Waals surface area contributed by atoms with Crippen LogP contribution >= 0.6 is 35.1 Å². The Balaban J connectivity index is 0. The number of thiol groups is 2. The van der Waals surface area contributed by atoms with Crippen molar-refractivity contribution in [1.29, 1.82) is 0 Å². The normalized spacial score (nSPS) is 11.2. The summed E-state index contributed by atoms with van der Waals surface area (Å²) in [5, 5.41) is 8.01. The molecule has 0 saturated carbocycles. The number of nitrogens with two attached hydrogens (primary N) is 1. The smallest absolute Gasteiger partial charge is 0.321 e. The summed E-state index contributed by atoms with van der Waals surface area (Å²) in [6, 6.07) is -0.816. The van der Waals surface area contributed by atoms with Crippen LogP contribution in [0.5, 0.6) is 0 Å². The van der Waals surface area contributed by atoms with Gasteiger partial charge < -0.3 is 10.8 Å². The first kappa shape index (κ1) is 13.1. The summed E-state index contributed by atoms with van der Waals surface area (Å²) in [6.07, 6.45) is 1.91. The number of aliphatic carboxylic acids is 1. The fourth-order valence-electron chi connectivity index (χ4n) is 0.0781. The van der Waals surface area contributed by atoms with Crippen molar-refractivity contribution in [3.8, 4) is 0 Å². The largest absolute Gasteiger partial charge is 0.480 e. The van der Waals surface area contributed by atoms with E-state index in [0.717, 1.165) is 0 Å². The molecule has 1 unspecified atom stereocenters. The predicted octanol–water partition coefficient (Wildman–Crippen LogP) is 0.522. The fraction of sp³-hybridized carbons (Fsp3) is 0.750. The minimum Gasteiger partial charge on any atom is -0.480 e. The molecule has 0 heterocycles. The molecule has 0 radical (unpaired) electrons. The Morgan fingerprint density at radius 3 is 2.20 bits per heavy atom. The van der Waals surface area contributed by atoms with Crippen LogP contribution in [-0.2, 0) is 4.79 Å². The third kappa shape index (κ3) is 11.3. The van der Waals surface area contributed by atoms with Gasteiger partial charge >= 0.3 is 5.97 Å². The van der Waals surface area contributed by atoms with Crippen molar-refractivity contribution >= 4 is 41.1 Å². The van der Waals surface area contributed by atoms with Gasteiger partial charge in [0.2, 0.25) is 0 Å². The van der Waals surface area contributed by atoms with Crippen LogP contribution in [0.25, 0.3) is 0 Å². The molecular weight excluding hydrogens is 190 g/mol. The van der Waals surface area contributed by atoms with Crippen LogP contribution in [0.3, 0.4) is 0 Å². The predicted molar refractivity (Wildman–Crippen MR) is 52.0 cm³/mol. The van der Waals surface area contributed by atoms with Crippen LogP contribution < -0.4 is 5.73 Å². The van der Waals surface area contributed by atoms with E-state index in [1.165, 1.54) is 10.8 Å². The summed E-state index contributed by atoms with van der Waals surface area (Å²) in [5.74, 6) is -0.815. The molecule has 10 heavy (non-hydrogen) atoms. The second-order valence-corrected chi connectivity index (χ2v) is 3.14. The molecule has 62 valence electrons. The quantitative estimate of drug-likeness (QED) is 0.388. The van der Waals surface area contributed by atoms with Crippen LogP contribution in [0.1, 0.15) is 0 Å². The van der Waals surface area contributed by atoms with E-state index in [-0.39, 0.29) is 5.75 Å². The summed E-state index contributed by atoms with van der Waals surface area (Å²) in [6.45, 7) is 0. The topological polar surface area (TPSA) is 63.3 Å². The lowest BCUT2D eigenvalue weighted by Crippen LogP contribution is -2.31. The maximum atomic E-state index is 9.76. The Morgan fingerprint density at radius 1 is 1.90 bits per heavy atom. The highest BCUT2D eigenvalue weighted by Crippen LogP contribution is 1.91. The van der Waals surface area contributed by atoms with Gasteiger partial charge in [-0.05, 0) is 6.26 Å². The van der Waals surface area contributed by atoms with E-state index in [1.54, 1.807) is 0 Å². The van der Waals surface area contributed by atoms with Gasteiger partial charge in [-0.3, -0.25) is 4.79 Å². The molecule has 0 bridgehead atoms. The molecule has 0 saturated heterocycles. The maximum Gasteiger partial charge on any atom is 0.321 e. The van der Waals surface area contributed by atoms with E-state index in [4.69, 9.17) is 10.8 Å². The molecule has 3 nitrogen and oxygen atoms in total. The van der Waals surface area contributed by atoms with Crippen molar-refractivity contribution in [2.24, 2.45) is 5.73 Å². The second-order valence-electron chi connectivity index (χ2n) is 1.31. The van der Waals surface area contributed by atoms with Crippen LogP contribution in [0.2, 0.25) is 0 Å². The average Bonchev–Trinajstić information content (AvgIpc) is 1.88. The second kappa shape index (κ2) is 9.48. The van der Waals surface area contributed by atoms with Gasteiger partial charge in [-0.1, -0.05) is 0 Å². The van der Waals surface area contributed by atoms with Crippen LogP contribution in [-0.4, -0.2) is 29.1 Å². The maximum absolute atomic E-state index is 9.76. The van der Waals surface area contributed by atoms with E-state index in [0.29, 0.717) is 0 Å². The van der Waals surface area contributed by atoms with Crippen LogP contribution in [0.15, 0.2) is 0 Å². The van der Waals surface area contributed by atoms with E-state index in [1.807, 2.05) is 6.26 Å². The number of hydrogen-bond donors (Lipinski definition) is 4. The zero-order valence-corrected chi connectivity index (χ0v) is 8.13. The Kier molecular flexibility index (Phi) is 12.4. The van der Waals surface area contributed by atoms with Gasteiger partial charge in [0.15, 0.2) is 0 Å². The van der Waals surface area contributed by atoms with Gasteiger partial charge in [-0.15, -0.1) is 22.5 Å². The molecule has 0 spiro atoms. The van der Waals surface area contributed by atoms with Crippen molar-refractivity contribution in [2.75, 3.05) is 12.0 Å². The monoisotopic (exact) mass is 201 g/mol. The Morgan fingerprint density at radius 2 is 2.20 bits per heavy atom. The van der Waals surface area contributed by atoms with Gasteiger partial charge in [-0.2, -0.15) is 12.6 Å². The molecular formula is C4H11NO2S3. The molecule has 0 aromatic heterocycles. The lowest BCUT2D eigenvalue weighted by Gasteiger charge is -1.96. The summed E-state index contributed by atoms with van der Waals surface area (Å²) in [7, 11) is 1.44. The summed E-state index contributed by atoms with van der Waals surface area (Å²) in [4.78, 5) is 9.76. The van der Waals surface area contributed by atoms with Crippen molar-refractivity contribution in [1.82, 2.24) is 0 Å². The Labute approximate surface area is 75.0 Å². The number of carbonyl (C=O) groups is 1. The first-order valence-corrected chi connectivity index (χ1v) is 5.27. The molecule has 0 fully saturated rings. The Hall–Kier alpha value is 0.480. The number of carboxylic acids is 1. The van der Waals surface area contributed by atoms with Gasteiger partial charge in [0.1, 0.15) is 6.04 Å². The number of hydrogen-bond acceptors (Lipinski definition) is 5. The van der Waals surface area contributed by atoms with Crippen LogP contribution in [0, 0.1) is 0 Å². The molecule has 0 aromatic carbocycles. The number of carboxylic acid groups (broad SMARTS) is 1. The van der Waals surface area contributed by atoms with E-state index < -0.39 is 12.0 Å². The molecule has 0 aliphatic heterocycles. The highest BCUT2D eigenvalue weighted by Gasteiger charge is 2.06. The molecule has 0 aromatic rings. The molecule has 0 amide bonds. The zero-order valence-electron chi connectivity index (χ0n) is 5.52. The highest BCUT2D eigenvalue weighted by atomic mass is 33.1. The zero-order chi connectivity index (χ0) is 8.57. The Bertz CT molecular complexity index is 90.6. The van der Waals surface area contributed by atoms with E-state index >= 15 is 0 Å². The van der Waals surface area contributed by atoms with Gasteiger partial charge in [0.25, 0.3) is 0 Å². The molecule has 1 atom stereocenters. The van der Waals surface area contributed by atoms with Gasteiger partial charge in [0.05, 0.1) is 0 Å². The van der Waals surface area contributed by atoms with Crippen molar-refractivity contribution < 1.29 is 9.90 Å². The first-order chi connectivity index (χ1) is 4.59. The van der Waals surface area contributed by atoms with Gasteiger partial charge in [0, 0.05) is 5.75 Å². The molecule has 3 N–H and O–H groups in total. The van der Waals surface area contributed by atoms with E-state index in [2.05, 4.69) is 24.3 Å². The minimum absolute atomic E-state index is 0.190. The van der Waals surface area contributed by atoms with Gasteiger partial charge in [-0.25, -0.2) is 0 Å². The van der Waals surface area contributed by atoms with Crippen molar-refractivity contribution in [3.05, 3.63) is 0 Å². The molecule has 0 aliphatic rings. The minimum atomic E-state index is -1.00. The highest BCUT2D eigenvalue weighted by molar-refractivity contribution is 8.68. The standard InChI is InChI=1S/C3H7NO2S.CH4S2/c4-2(1-7)3(5)6;1-3-2/h2,7H,1,4H2,(H,5,6);2H,1H3.